The van der Waals surface area contributed by atoms with Crippen molar-refractivity contribution in [2.45, 2.75) is 38.5 Å². The van der Waals surface area contributed by atoms with Gasteiger partial charge in [-0.15, -0.1) is 11.3 Å². The molecule has 1 atom stereocenters. The number of nitrogens with two attached hydrogens (primary N) is 1. The fourth-order valence-electron chi connectivity index (χ4n) is 2.87. The Morgan fingerprint density at radius 1 is 1.62 bits per heavy atom. The van der Waals surface area contributed by atoms with Crippen molar-refractivity contribution >= 4 is 22.4 Å². The molecule has 0 saturated carbocycles. The van der Waals surface area contributed by atoms with Gasteiger partial charge in [0.2, 0.25) is 5.91 Å². The first-order chi connectivity index (χ1) is 10.2. The summed E-state index contributed by atoms with van der Waals surface area (Å²) in [4.78, 5) is 18.5. The summed E-state index contributed by atoms with van der Waals surface area (Å²) < 4.78 is 5.10. The second-order valence-electron chi connectivity index (χ2n) is 5.66. The van der Waals surface area contributed by atoms with E-state index in [0.717, 1.165) is 44.7 Å². The zero-order chi connectivity index (χ0) is 15.1. The monoisotopic (exact) mass is 311 g/mol. The van der Waals surface area contributed by atoms with Crippen LogP contribution in [-0.4, -0.2) is 42.6 Å². The minimum absolute atomic E-state index is 0.248. The lowest BCUT2D eigenvalue weighted by molar-refractivity contribution is -0.133. The molecule has 0 bridgehead atoms. The number of ether oxygens (including phenoxy) is 1. The second kappa shape index (κ2) is 8.34. The molecule has 2 rings (SSSR count). The highest BCUT2D eigenvalue weighted by Gasteiger charge is 2.23. The number of likely N-dealkylation sites (tertiary alicyclic amines) is 1. The zero-order valence-electron chi connectivity index (χ0n) is 12.7. The summed E-state index contributed by atoms with van der Waals surface area (Å²) in [5, 5.41) is 2.51. The number of hydrogen-bond acceptors (Lipinski definition) is 5. The van der Waals surface area contributed by atoms with E-state index in [4.69, 9.17) is 10.5 Å². The fourth-order valence-corrected chi connectivity index (χ4v) is 3.47. The van der Waals surface area contributed by atoms with Gasteiger partial charge in [0.25, 0.3) is 0 Å². The summed E-state index contributed by atoms with van der Waals surface area (Å²) in [6, 6.07) is 0. The Morgan fingerprint density at radius 2 is 2.48 bits per heavy atom. The van der Waals surface area contributed by atoms with Crippen molar-refractivity contribution in [2.75, 3.05) is 32.5 Å². The van der Waals surface area contributed by atoms with Crippen molar-refractivity contribution in [3.8, 4) is 0 Å². The molecule has 1 fully saturated rings. The maximum Gasteiger partial charge on any atom is 0.222 e. The lowest BCUT2D eigenvalue weighted by Gasteiger charge is -2.33. The van der Waals surface area contributed by atoms with Gasteiger partial charge in [-0.2, -0.15) is 0 Å². The number of carbonyl (C=O) groups is 1. The Labute approximate surface area is 130 Å². The van der Waals surface area contributed by atoms with E-state index in [9.17, 15) is 4.79 Å². The molecule has 0 unspecified atom stereocenters. The molecule has 118 valence electrons. The lowest BCUT2D eigenvalue weighted by Crippen LogP contribution is -2.40. The highest BCUT2D eigenvalue weighted by atomic mass is 32.1. The van der Waals surface area contributed by atoms with Crippen LogP contribution in [0.3, 0.4) is 0 Å². The van der Waals surface area contributed by atoms with E-state index in [1.54, 1.807) is 7.11 Å². The molecular weight excluding hydrogens is 286 g/mol. The SMILES string of the molecule is COCCC[C@H]1CCCN(C(=O)CCc2csc(N)n2)C1. The molecule has 5 nitrogen and oxygen atoms in total. The molecule has 0 spiro atoms. The first kappa shape index (κ1) is 16.2. The number of anilines is 1. The van der Waals surface area contributed by atoms with Crippen molar-refractivity contribution in [2.24, 2.45) is 5.92 Å². The molecule has 1 aromatic rings. The first-order valence-corrected chi connectivity index (χ1v) is 8.53. The smallest absolute Gasteiger partial charge is 0.222 e. The predicted molar refractivity (Wildman–Crippen MR) is 85.3 cm³/mol. The fraction of sp³-hybridized carbons (Fsp3) is 0.733. The number of amides is 1. The largest absolute Gasteiger partial charge is 0.385 e. The van der Waals surface area contributed by atoms with Crippen molar-refractivity contribution in [1.82, 2.24) is 9.88 Å². The molecule has 0 radical (unpaired) electrons. The average molecular weight is 311 g/mol. The molecule has 0 aromatic carbocycles. The van der Waals surface area contributed by atoms with Gasteiger partial charge in [0.05, 0.1) is 5.69 Å². The quantitative estimate of drug-likeness (QED) is 0.785. The van der Waals surface area contributed by atoms with E-state index in [0.29, 0.717) is 23.9 Å². The van der Waals surface area contributed by atoms with Crippen molar-refractivity contribution in [3.05, 3.63) is 11.1 Å². The molecule has 1 aliphatic heterocycles. The van der Waals surface area contributed by atoms with Crippen LogP contribution in [0.25, 0.3) is 0 Å². The number of aromatic nitrogens is 1. The standard InChI is InChI=1S/C15H25N3O2S/c1-20-9-3-5-12-4-2-8-18(10-12)14(19)7-6-13-11-21-15(16)17-13/h11-12H,2-10H2,1H3,(H2,16,17)/t12-/m1/s1. The normalized spacial score (nSPS) is 18.9. The predicted octanol–water partition coefficient (Wildman–Crippen LogP) is 2.32. The number of aryl methyl sites for hydroxylation is 1. The van der Waals surface area contributed by atoms with Gasteiger partial charge in [-0.05, 0) is 38.0 Å². The molecule has 1 aromatic heterocycles. The number of methoxy groups -OCH3 is 1. The number of thiazole rings is 1. The molecule has 6 heteroatoms. The molecule has 2 heterocycles. The third-order valence-electron chi connectivity index (χ3n) is 4.00. The Morgan fingerprint density at radius 3 is 3.19 bits per heavy atom. The van der Waals surface area contributed by atoms with Crippen LogP contribution in [0, 0.1) is 5.92 Å². The Balaban J connectivity index is 1.73. The number of nitrogen functional groups attached to an aromatic ring is 1. The summed E-state index contributed by atoms with van der Waals surface area (Å²) >= 11 is 1.43. The van der Waals surface area contributed by atoms with Crippen LogP contribution in [-0.2, 0) is 16.0 Å². The van der Waals surface area contributed by atoms with E-state index >= 15 is 0 Å². The van der Waals surface area contributed by atoms with Gasteiger partial charge in [-0.1, -0.05) is 0 Å². The molecule has 1 amide bonds. The van der Waals surface area contributed by atoms with Crippen LogP contribution < -0.4 is 5.73 Å². The van der Waals surface area contributed by atoms with Crippen LogP contribution >= 0.6 is 11.3 Å². The minimum atomic E-state index is 0.248. The number of rotatable bonds is 7. The molecule has 0 aliphatic carbocycles. The summed E-state index contributed by atoms with van der Waals surface area (Å²) in [5.74, 6) is 0.880. The van der Waals surface area contributed by atoms with Crippen molar-refractivity contribution < 1.29 is 9.53 Å². The minimum Gasteiger partial charge on any atom is -0.385 e. The Hall–Kier alpha value is -1.14. The van der Waals surface area contributed by atoms with Crippen molar-refractivity contribution in [1.29, 1.82) is 0 Å². The van der Waals surface area contributed by atoms with Crippen LogP contribution in [0.2, 0.25) is 0 Å². The van der Waals surface area contributed by atoms with Crippen LogP contribution in [0.15, 0.2) is 5.38 Å². The van der Waals surface area contributed by atoms with Crippen molar-refractivity contribution in [3.63, 3.8) is 0 Å². The van der Waals surface area contributed by atoms with Gasteiger partial charge >= 0.3 is 0 Å². The summed E-state index contributed by atoms with van der Waals surface area (Å²) in [7, 11) is 1.74. The summed E-state index contributed by atoms with van der Waals surface area (Å²) in [5.41, 5.74) is 6.54. The highest BCUT2D eigenvalue weighted by molar-refractivity contribution is 7.13. The van der Waals surface area contributed by atoms with E-state index in [2.05, 4.69) is 4.98 Å². The van der Waals surface area contributed by atoms with Crippen LogP contribution in [0.4, 0.5) is 5.13 Å². The van der Waals surface area contributed by atoms with E-state index in [1.807, 2.05) is 10.3 Å². The summed E-state index contributed by atoms with van der Waals surface area (Å²) in [6.07, 6.45) is 5.82. The van der Waals surface area contributed by atoms with E-state index in [1.165, 1.54) is 17.8 Å². The van der Waals surface area contributed by atoms with E-state index < -0.39 is 0 Å². The molecule has 21 heavy (non-hydrogen) atoms. The van der Waals surface area contributed by atoms with Gasteiger partial charge in [0, 0.05) is 38.6 Å². The second-order valence-corrected chi connectivity index (χ2v) is 6.55. The van der Waals surface area contributed by atoms with Gasteiger partial charge in [0.15, 0.2) is 5.13 Å². The Kier molecular flexibility index (Phi) is 6.45. The lowest BCUT2D eigenvalue weighted by atomic mass is 9.93. The molecule has 2 N–H and O–H groups in total. The maximum absolute atomic E-state index is 12.3. The first-order valence-electron chi connectivity index (χ1n) is 7.65. The Bertz CT molecular complexity index is 450. The molecule has 1 aliphatic rings. The zero-order valence-corrected chi connectivity index (χ0v) is 13.5. The maximum atomic E-state index is 12.3. The number of nitrogens with zero attached hydrogens (tertiary/aromatic N) is 2. The van der Waals surface area contributed by atoms with Crippen LogP contribution in [0.5, 0.6) is 0 Å². The average Bonchev–Trinajstić information content (AvgIpc) is 2.91. The van der Waals surface area contributed by atoms with Gasteiger partial charge in [-0.25, -0.2) is 4.98 Å². The third-order valence-corrected chi connectivity index (χ3v) is 4.72. The number of piperidine rings is 1. The number of carbonyl (C=O) groups excluding carboxylic acids is 1. The molecule has 1 saturated heterocycles. The van der Waals surface area contributed by atoms with Gasteiger partial charge < -0.3 is 15.4 Å². The van der Waals surface area contributed by atoms with Crippen LogP contribution in [0.1, 0.15) is 37.8 Å². The number of hydrogen-bond donors (Lipinski definition) is 1. The highest BCUT2D eigenvalue weighted by Crippen LogP contribution is 2.22. The topological polar surface area (TPSA) is 68.5 Å². The summed E-state index contributed by atoms with van der Waals surface area (Å²) in [6.45, 7) is 2.62. The van der Waals surface area contributed by atoms with Gasteiger partial charge in [-0.3, -0.25) is 4.79 Å². The van der Waals surface area contributed by atoms with Gasteiger partial charge in [0.1, 0.15) is 0 Å². The molecular formula is C15H25N3O2S. The third kappa shape index (κ3) is 5.28. The van der Waals surface area contributed by atoms with E-state index in [-0.39, 0.29) is 5.91 Å².